The maximum Gasteiger partial charge on any atom is 0.127 e. The fourth-order valence-electron chi connectivity index (χ4n) is 2.44. The van der Waals surface area contributed by atoms with Crippen LogP contribution < -0.4 is 4.74 Å². The van der Waals surface area contributed by atoms with Gasteiger partial charge in [-0.2, -0.15) is 0 Å². The van der Waals surface area contributed by atoms with Crippen LogP contribution in [-0.4, -0.2) is 11.4 Å². The number of thioether (sulfide) groups is 1. The molecule has 0 aromatic heterocycles. The molecular formula is C16H15BrO2S. The first-order valence-electron chi connectivity index (χ1n) is 6.45. The number of rotatable bonds is 2. The molecule has 0 fully saturated rings. The van der Waals surface area contributed by atoms with Crippen molar-refractivity contribution < 1.29 is 9.84 Å². The first-order chi connectivity index (χ1) is 9.67. The summed E-state index contributed by atoms with van der Waals surface area (Å²) in [5, 5.41) is 10.3. The van der Waals surface area contributed by atoms with Gasteiger partial charge in [-0.3, -0.25) is 0 Å². The quantitative estimate of drug-likeness (QED) is 0.794. The largest absolute Gasteiger partial charge is 0.485 e. The van der Waals surface area contributed by atoms with E-state index in [1.54, 1.807) is 11.8 Å². The lowest BCUT2D eigenvalue weighted by Gasteiger charge is -2.30. The topological polar surface area (TPSA) is 29.5 Å². The number of ether oxygens (including phenoxy) is 1. The minimum absolute atomic E-state index is 0.0947. The number of benzene rings is 2. The van der Waals surface area contributed by atoms with Crippen molar-refractivity contribution in [3.63, 3.8) is 0 Å². The van der Waals surface area contributed by atoms with Crippen LogP contribution >= 0.6 is 27.7 Å². The molecule has 2 aromatic carbocycles. The van der Waals surface area contributed by atoms with Gasteiger partial charge in [0.2, 0.25) is 0 Å². The van der Waals surface area contributed by atoms with Crippen molar-refractivity contribution in [1.82, 2.24) is 0 Å². The molecule has 4 heteroatoms. The molecule has 0 saturated heterocycles. The zero-order chi connectivity index (χ0) is 14.1. The molecule has 0 bridgehead atoms. The number of aliphatic hydroxyl groups is 1. The number of fused-ring (bicyclic) bond motifs is 1. The molecule has 2 nitrogen and oxygen atoms in total. The van der Waals surface area contributed by atoms with E-state index < -0.39 is 6.10 Å². The Labute approximate surface area is 131 Å². The minimum Gasteiger partial charge on any atom is -0.485 e. The number of halogens is 1. The van der Waals surface area contributed by atoms with Gasteiger partial charge in [0.15, 0.2) is 0 Å². The summed E-state index contributed by atoms with van der Waals surface area (Å²) < 4.78 is 7.01. The summed E-state index contributed by atoms with van der Waals surface area (Å²) >= 11 is 5.16. The Kier molecular flexibility index (Phi) is 4.06. The Morgan fingerprint density at radius 1 is 1.20 bits per heavy atom. The lowest BCUT2D eigenvalue weighted by Crippen LogP contribution is -2.18. The van der Waals surface area contributed by atoms with Gasteiger partial charge in [0.25, 0.3) is 0 Å². The van der Waals surface area contributed by atoms with Gasteiger partial charge < -0.3 is 9.84 Å². The average molecular weight is 351 g/mol. The maximum absolute atomic E-state index is 10.3. The van der Waals surface area contributed by atoms with Crippen LogP contribution in [0.4, 0.5) is 0 Å². The van der Waals surface area contributed by atoms with E-state index in [0.29, 0.717) is 6.42 Å². The van der Waals surface area contributed by atoms with E-state index in [4.69, 9.17) is 4.74 Å². The molecule has 0 aliphatic carbocycles. The molecule has 1 N–H and O–H groups in total. The minimum atomic E-state index is -0.475. The predicted molar refractivity (Wildman–Crippen MR) is 85.3 cm³/mol. The highest BCUT2D eigenvalue weighted by atomic mass is 79.9. The van der Waals surface area contributed by atoms with Crippen LogP contribution in [0.15, 0.2) is 51.8 Å². The fraction of sp³-hybridized carbons (Fsp3) is 0.250. The third-order valence-corrected chi connectivity index (χ3v) is 4.77. The molecule has 20 heavy (non-hydrogen) atoms. The van der Waals surface area contributed by atoms with Crippen LogP contribution in [0.1, 0.15) is 29.8 Å². The van der Waals surface area contributed by atoms with Crippen LogP contribution in [0.3, 0.4) is 0 Å². The third-order valence-electron chi connectivity index (χ3n) is 3.53. The van der Waals surface area contributed by atoms with Gasteiger partial charge in [-0.15, -0.1) is 11.8 Å². The highest BCUT2D eigenvalue weighted by Crippen LogP contribution is 2.41. The van der Waals surface area contributed by atoms with Gasteiger partial charge in [0.1, 0.15) is 11.9 Å². The van der Waals surface area contributed by atoms with Gasteiger partial charge in [-0.1, -0.05) is 34.1 Å². The first-order valence-corrected chi connectivity index (χ1v) is 8.47. The molecule has 0 radical (unpaired) electrons. The summed E-state index contributed by atoms with van der Waals surface area (Å²) in [6.07, 6.45) is 2.08. The Morgan fingerprint density at radius 2 is 1.95 bits per heavy atom. The Hall–Kier alpha value is -0.970. The normalized spacial score (nSPS) is 21.1. The fourth-order valence-corrected chi connectivity index (χ4v) is 3.19. The van der Waals surface area contributed by atoms with Crippen LogP contribution in [0.25, 0.3) is 0 Å². The van der Waals surface area contributed by atoms with Gasteiger partial charge >= 0.3 is 0 Å². The lowest BCUT2D eigenvalue weighted by atomic mass is 9.95. The average Bonchev–Trinajstić information content (AvgIpc) is 2.46. The highest BCUT2D eigenvalue weighted by Gasteiger charge is 2.28. The van der Waals surface area contributed by atoms with E-state index in [2.05, 4.69) is 46.5 Å². The van der Waals surface area contributed by atoms with Gasteiger partial charge in [-0.25, -0.2) is 0 Å². The molecule has 0 amide bonds. The number of hydrogen-bond acceptors (Lipinski definition) is 3. The Balaban J connectivity index is 1.89. The second kappa shape index (κ2) is 5.80. The predicted octanol–water partition coefficient (Wildman–Crippen LogP) is 4.73. The molecule has 1 unspecified atom stereocenters. The molecule has 3 rings (SSSR count). The van der Waals surface area contributed by atoms with Crippen molar-refractivity contribution in [2.45, 2.75) is 23.5 Å². The summed E-state index contributed by atoms with van der Waals surface area (Å²) in [7, 11) is 0. The Morgan fingerprint density at radius 3 is 2.65 bits per heavy atom. The van der Waals surface area contributed by atoms with Gasteiger partial charge in [-0.05, 0) is 36.1 Å². The molecule has 1 aliphatic rings. The summed E-state index contributed by atoms with van der Waals surface area (Å²) in [6, 6.07) is 14.1. The van der Waals surface area contributed by atoms with E-state index in [0.717, 1.165) is 21.3 Å². The van der Waals surface area contributed by atoms with Crippen LogP contribution in [0.2, 0.25) is 0 Å². The van der Waals surface area contributed by atoms with Crippen molar-refractivity contribution in [3.05, 3.63) is 58.1 Å². The molecule has 0 spiro atoms. The van der Waals surface area contributed by atoms with E-state index in [9.17, 15) is 5.11 Å². The summed E-state index contributed by atoms with van der Waals surface area (Å²) in [4.78, 5) is 1.23. The third kappa shape index (κ3) is 2.73. The van der Waals surface area contributed by atoms with Crippen molar-refractivity contribution in [3.8, 4) is 5.75 Å². The molecular weight excluding hydrogens is 336 g/mol. The number of hydrogen-bond donors (Lipinski definition) is 1. The molecule has 104 valence electrons. The van der Waals surface area contributed by atoms with Crippen molar-refractivity contribution >= 4 is 27.7 Å². The van der Waals surface area contributed by atoms with E-state index in [-0.39, 0.29) is 6.10 Å². The van der Waals surface area contributed by atoms with E-state index in [1.807, 2.05) is 18.2 Å². The van der Waals surface area contributed by atoms with E-state index >= 15 is 0 Å². The van der Waals surface area contributed by atoms with Gasteiger partial charge in [0.05, 0.1) is 6.10 Å². The molecule has 1 heterocycles. The Bertz CT molecular complexity index is 612. The van der Waals surface area contributed by atoms with Gasteiger partial charge in [0, 0.05) is 21.4 Å². The maximum atomic E-state index is 10.3. The molecule has 0 saturated carbocycles. The smallest absolute Gasteiger partial charge is 0.127 e. The monoisotopic (exact) mass is 350 g/mol. The first kappa shape index (κ1) is 14.0. The van der Waals surface area contributed by atoms with Crippen LogP contribution in [0, 0.1) is 0 Å². The molecule has 1 aliphatic heterocycles. The SMILES string of the molecule is CSc1ccc(C2C[C@H](O)c3ccc(Br)cc3O2)cc1. The van der Waals surface area contributed by atoms with E-state index in [1.165, 1.54) is 4.90 Å². The van der Waals surface area contributed by atoms with Crippen LogP contribution in [-0.2, 0) is 0 Å². The highest BCUT2D eigenvalue weighted by molar-refractivity contribution is 9.10. The summed E-state index contributed by atoms with van der Waals surface area (Å²) in [6.45, 7) is 0. The molecule has 2 atom stereocenters. The van der Waals surface area contributed by atoms with Crippen molar-refractivity contribution in [2.75, 3.05) is 6.26 Å². The molecule has 2 aromatic rings. The zero-order valence-electron chi connectivity index (χ0n) is 11.0. The summed E-state index contributed by atoms with van der Waals surface area (Å²) in [5.74, 6) is 0.761. The number of aliphatic hydroxyl groups excluding tert-OH is 1. The van der Waals surface area contributed by atoms with Crippen LogP contribution in [0.5, 0.6) is 5.75 Å². The lowest BCUT2D eigenvalue weighted by molar-refractivity contribution is 0.0656. The van der Waals surface area contributed by atoms with Crippen molar-refractivity contribution in [2.24, 2.45) is 0 Å². The zero-order valence-corrected chi connectivity index (χ0v) is 13.4. The summed E-state index contributed by atoms with van der Waals surface area (Å²) in [5.41, 5.74) is 1.97. The van der Waals surface area contributed by atoms with Crippen molar-refractivity contribution in [1.29, 1.82) is 0 Å². The standard InChI is InChI=1S/C16H15BrO2S/c1-20-12-5-2-10(3-6-12)15-9-14(18)13-7-4-11(17)8-16(13)19-15/h2-8,14-15,18H,9H2,1H3/t14-,15?/m0/s1. The second-order valence-corrected chi connectivity index (χ2v) is 6.61. The second-order valence-electron chi connectivity index (χ2n) is 4.81.